The Hall–Kier alpha value is -3.63. The molecule has 2 amide bonds. The third-order valence-corrected chi connectivity index (χ3v) is 5.93. The molecule has 1 aliphatic rings. The lowest BCUT2D eigenvalue weighted by atomic mass is 10.0. The Morgan fingerprint density at radius 3 is 2.65 bits per heavy atom. The molecule has 2 aromatic heterocycles. The molecule has 0 unspecified atom stereocenters. The van der Waals surface area contributed by atoms with Crippen molar-refractivity contribution in [3.8, 4) is 0 Å². The highest BCUT2D eigenvalue weighted by molar-refractivity contribution is 6.01. The number of carbonyl (C=O) groups is 2. The van der Waals surface area contributed by atoms with Gasteiger partial charge < -0.3 is 20.5 Å². The number of H-pyrrole nitrogens is 1. The van der Waals surface area contributed by atoms with Crippen LogP contribution in [0.3, 0.4) is 0 Å². The number of hydrogen-bond donors (Lipinski definition) is 3. The fraction of sp³-hybridized carbons (Fsp3) is 0.391. The third kappa shape index (κ3) is 4.55. The highest BCUT2D eigenvalue weighted by Crippen LogP contribution is 2.36. The third-order valence-electron chi connectivity index (χ3n) is 5.93. The van der Waals surface area contributed by atoms with Crippen molar-refractivity contribution in [1.82, 2.24) is 20.3 Å². The van der Waals surface area contributed by atoms with E-state index in [2.05, 4.69) is 20.3 Å². The Bertz CT molecular complexity index is 1260. The number of nitrogens with zero attached hydrogens (tertiary/aromatic N) is 3. The second-order valence-electron chi connectivity index (χ2n) is 8.30. The summed E-state index contributed by atoms with van der Waals surface area (Å²) in [5, 5.41) is 4.90. The van der Waals surface area contributed by atoms with Gasteiger partial charge in [0.1, 0.15) is 17.2 Å². The minimum absolute atomic E-state index is 0.0128. The lowest BCUT2D eigenvalue weighted by Gasteiger charge is -2.25. The van der Waals surface area contributed by atoms with Gasteiger partial charge in [-0.15, -0.1) is 0 Å². The number of amides is 2. The van der Waals surface area contributed by atoms with E-state index in [1.54, 1.807) is 18.0 Å². The van der Waals surface area contributed by atoms with E-state index >= 15 is 0 Å². The van der Waals surface area contributed by atoms with Crippen LogP contribution in [0.15, 0.2) is 18.5 Å². The number of fused-ring (bicyclic) bond motifs is 1. The Morgan fingerprint density at radius 1 is 1.26 bits per heavy atom. The number of alkyl halides is 2. The summed E-state index contributed by atoms with van der Waals surface area (Å²) in [6.45, 7) is 3.37. The highest BCUT2D eigenvalue weighted by atomic mass is 19.3. The van der Waals surface area contributed by atoms with Gasteiger partial charge in [0.05, 0.1) is 11.8 Å². The SMILES string of the molecule is CCc1cc(CNC(=O)C(F)F)c(F)cc1N(C)c1nc(NC(=O)C2CC2)c2[nH]cnc2c1C. The zero-order valence-corrected chi connectivity index (χ0v) is 19.0. The van der Waals surface area contributed by atoms with E-state index in [-0.39, 0.29) is 23.9 Å². The number of imidazole rings is 1. The molecule has 1 aliphatic carbocycles. The van der Waals surface area contributed by atoms with Crippen LogP contribution >= 0.6 is 0 Å². The van der Waals surface area contributed by atoms with Crippen molar-refractivity contribution >= 4 is 40.2 Å². The van der Waals surface area contributed by atoms with Crippen LogP contribution in [0.25, 0.3) is 11.0 Å². The number of halogens is 3. The van der Waals surface area contributed by atoms with Crippen LogP contribution in [-0.2, 0) is 22.6 Å². The average Bonchev–Trinajstić information content (AvgIpc) is 3.55. The fourth-order valence-electron chi connectivity index (χ4n) is 3.86. The normalized spacial score (nSPS) is 13.4. The first-order valence-electron chi connectivity index (χ1n) is 11.0. The fourth-order valence-corrected chi connectivity index (χ4v) is 3.86. The van der Waals surface area contributed by atoms with E-state index in [9.17, 15) is 22.8 Å². The number of carbonyl (C=O) groups excluding carboxylic acids is 2. The molecule has 1 saturated carbocycles. The number of aromatic nitrogens is 3. The number of nitrogens with one attached hydrogen (secondary N) is 3. The largest absolute Gasteiger partial charge is 0.347 e. The number of rotatable bonds is 8. The molecule has 0 radical (unpaired) electrons. The second kappa shape index (κ2) is 9.32. The van der Waals surface area contributed by atoms with E-state index in [1.807, 2.05) is 19.2 Å². The average molecular weight is 474 g/mol. The summed E-state index contributed by atoms with van der Waals surface area (Å²) < 4.78 is 39.8. The minimum atomic E-state index is -3.17. The van der Waals surface area contributed by atoms with Gasteiger partial charge in [-0.05, 0) is 43.9 Å². The molecule has 3 N–H and O–H groups in total. The van der Waals surface area contributed by atoms with Crippen LogP contribution in [0.4, 0.5) is 30.5 Å². The molecule has 0 bridgehead atoms. The summed E-state index contributed by atoms with van der Waals surface area (Å²) in [7, 11) is 1.73. The van der Waals surface area contributed by atoms with E-state index in [1.165, 1.54) is 12.4 Å². The lowest BCUT2D eigenvalue weighted by Crippen LogP contribution is -2.29. The van der Waals surface area contributed by atoms with Crippen LogP contribution in [0.1, 0.15) is 36.5 Å². The Labute approximate surface area is 194 Å². The van der Waals surface area contributed by atoms with Crippen molar-refractivity contribution in [2.45, 2.75) is 46.1 Å². The summed E-state index contributed by atoms with van der Waals surface area (Å²) in [6, 6.07) is 2.84. The minimum Gasteiger partial charge on any atom is -0.347 e. The second-order valence-corrected chi connectivity index (χ2v) is 8.30. The summed E-state index contributed by atoms with van der Waals surface area (Å²) in [6.07, 6.45) is 0.569. The zero-order valence-electron chi connectivity index (χ0n) is 19.0. The molecule has 1 fully saturated rings. The summed E-state index contributed by atoms with van der Waals surface area (Å²) in [5.74, 6) is -1.38. The molecule has 4 rings (SSSR count). The molecule has 0 atom stereocenters. The number of aromatic amines is 1. The summed E-state index contributed by atoms with van der Waals surface area (Å²) in [5.41, 5.74) is 3.33. The molecule has 11 heteroatoms. The van der Waals surface area contributed by atoms with Gasteiger partial charge in [-0.3, -0.25) is 9.59 Å². The molecule has 0 saturated heterocycles. The Kier molecular flexibility index (Phi) is 6.45. The Balaban J connectivity index is 1.70. The molecule has 0 spiro atoms. The van der Waals surface area contributed by atoms with Crippen LogP contribution < -0.4 is 15.5 Å². The van der Waals surface area contributed by atoms with E-state index in [0.717, 1.165) is 24.0 Å². The predicted octanol–water partition coefficient (Wildman–Crippen LogP) is 3.97. The molecular weight excluding hydrogens is 449 g/mol. The first kappa shape index (κ1) is 23.5. The number of hydrogen-bond acceptors (Lipinski definition) is 5. The van der Waals surface area contributed by atoms with E-state index in [0.29, 0.717) is 34.8 Å². The molecule has 8 nitrogen and oxygen atoms in total. The smallest absolute Gasteiger partial charge is 0.315 e. The number of benzene rings is 1. The van der Waals surface area contributed by atoms with Crippen molar-refractivity contribution in [1.29, 1.82) is 0 Å². The summed E-state index contributed by atoms with van der Waals surface area (Å²) >= 11 is 0. The van der Waals surface area contributed by atoms with Crippen molar-refractivity contribution in [2.75, 3.05) is 17.3 Å². The summed E-state index contributed by atoms with van der Waals surface area (Å²) in [4.78, 5) is 37.3. The van der Waals surface area contributed by atoms with Gasteiger partial charge in [-0.1, -0.05) is 6.92 Å². The first-order chi connectivity index (χ1) is 16.2. The molecule has 34 heavy (non-hydrogen) atoms. The van der Waals surface area contributed by atoms with Crippen LogP contribution in [0.5, 0.6) is 0 Å². The van der Waals surface area contributed by atoms with Crippen LogP contribution in [-0.4, -0.2) is 40.2 Å². The van der Waals surface area contributed by atoms with Crippen molar-refractivity contribution in [3.63, 3.8) is 0 Å². The van der Waals surface area contributed by atoms with Gasteiger partial charge in [0.25, 0.3) is 5.91 Å². The van der Waals surface area contributed by atoms with E-state index < -0.39 is 18.1 Å². The zero-order chi connectivity index (χ0) is 24.6. The molecule has 1 aromatic carbocycles. The van der Waals surface area contributed by atoms with Gasteiger partial charge in [0.2, 0.25) is 5.91 Å². The lowest BCUT2D eigenvalue weighted by molar-refractivity contribution is -0.131. The monoisotopic (exact) mass is 474 g/mol. The van der Waals surface area contributed by atoms with Crippen LogP contribution in [0.2, 0.25) is 0 Å². The maximum absolute atomic E-state index is 14.9. The quantitative estimate of drug-likeness (QED) is 0.459. The van der Waals surface area contributed by atoms with Gasteiger partial charge in [0.15, 0.2) is 5.82 Å². The van der Waals surface area contributed by atoms with Gasteiger partial charge in [-0.2, -0.15) is 8.78 Å². The van der Waals surface area contributed by atoms with Crippen molar-refractivity contribution in [2.24, 2.45) is 5.92 Å². The molecule has 2 heterocycles. The topological polar surface area (TPSA) is 103 Å². The van der Waals surface area contributed by atoms with Crippen molar-refractivity contribution < 1.29 is 22.8 Å². The maximum atomic E-state index is 14.9. The predicted molar refractivity (Wildman–Crippen MR) is 122 cm³/mol. The molecule has 3 aromatic rings. The number of anilines is 3. The van der Waals surface area contributed by atoms with Gasteiger partial charge in [0, 0.05) is 36.3 Å². The Morgan fingerprint density at radius 2 is 2.00 bits per heavy atom. The molecule has 180 valence electrons. The molecular formula is C23H25F3N6O2. The number of aryl methyl sites for hydroxylation is 2. The maximum Gasteiger partial charge on any atom is 0.315 e. The van der Waals surface area contributed by atoms with Gasteiger partial charge in [-0.25, -0.2) is 14.4 Å². The highest BCUT2D eigenvalue weighted by Gasteiger charge is 2.31. The molecule has 0 aliphatic heterocycles. The van der Waals surface area contributed by atoms with Gasteiger partial charge >= 0.3 is 6.43 Å². The standard InChI is InChI=1S/C23H25F3N6O2/c1-4-12-7-14(9-27-23(34)19(25)26)15(24)8-16(12)32(3)21-11(2)17-18(29-10-28-17)20(30-21)31-22(33)13-5-6-13/h7-8,10,13,19H,4-6,9H2,1-3H3,(H,27,34)(H,28,29)(H,30,31,33). The van der Waals surface area contributed by atoms with Crippen LogP contribution in [0, 0.1) is 18.7 Å². The van der Waals surface area contributed by atoms with E-state index in [4.69, 9.17) is 0 Å². The first-order valence-corrected chi connectivity index (χ1v) is 11.0. The number of pyridine rings is 1. The van der Waals surface area contributed by atoms with Crippen molar-refractivity contribution in [3.05, 3.63) is 41.0 Å².